The van der Waals surface area contributed by atoms with E-state index in [0.29, 0.717) is 5.16 Å². The molecule has 9 heteroatoms. The van der Waals surface area contributed by atoms with Crippen molar-refractivity contribution in [1.29, 1.82) is 0 Å². The Morgan fingerprint density at radius 1 is 1.53 bits per heavy atom. The summed E-state index contributed by atoms with van der Waals surface area (Å²) in [5.74, 6) is -1.33. The van der Waals surface area contributed by atoms with Gasteiger partial charge in [-0.2, -0.15) is 0 Å². The SMILES string of the molecule is CC(C)NC(=O)Cn1nnnc1SCC(=O)O. The third-order valence-electron chi connectivity index (χ3n) is 1.57. The fourth-order valence-electron chi connectivity index (χ4n) is 1.03. The van der Waals surface area contributed by atoms with Gasteiger partial charge in [0.15, 0.2) is 0 Å². The average molecular weight is 259 g/mol. The van der Waals surface area contributed by atoms with Crippen molar-refractivity contribution in [2.75, 3.05) is 5.75 Å². The van der Waals surface area contributed by atoms with E-state index >= 15 is 0 Å². The van der Waals surface area contributed by atoms with Crippen molar-refractivity contribution < 1.29 is 14.7 Å². The van der Waals surface area contributed by atoms with E-state index in [1.807, 2.05) is 13.8 Å². The van der Waals surface area contributed by atoms with Crippen molar-refractivity contribution >= 4 is 23.6 Å². The van der Waals surface area contributed by atoms with Gasteiger partial charge in [0, 0.05) is 6.04 Å². The molecule has 0 fully saturated rings. The Hall–Kier alpha value is -1.64. The fraction of sp³-hybridized carbons (Fsp3) is 0.625. The molecule has 0 saturated carbocycles. The molecule has 8 nitrogen and oxygen atoms in total. The van der Waals surface area contributed by atoms with Gasteiger partial charge < -0.3 is 10.4 Å². The predicted octanol–water partition coefficient (Wildman–Crippen LogP) is -0.626. The van der Waals surface area contributed by atoms with Gasteiger partial charge in [-0.15, -0.1) is 5.10 Å². The van der Waals surface area contributed by atoms with Crippen LogP contribution in [0, 0.1) is 0 Å². The second kappa shape index (κ2) is 6.18. The Kier molecular flexibility index (Phi) is 4.88. The molecule has 94 valence electrons. The van der Waals surface area contributed by atoms with Gasteiger partial charge in [0.1, 0.15) is 6.54 Å². The lowest BCUT2D eigenvalue weighted by Crippen LogP contribution is -2.33. The summed E-state index contributed by atoms with van der Waals surface area (Å²) in [6.07, 6.45) is 0. The number of tetrazole rings is 1. The quantitative estimate of drug-likeness (QED) is 0.655. The van der Waals surface area contributed by atoms with Crippen LogP contribution in [0.3, 0.4) is 0 Å². The molecule has 1 amide bonds. The van der Waals surface area contributed by atoms with E-state index < -0.39 is 5.97 Å². The summed E-state index contributed by atoms with van der Waals surface area (Å²) in [6.45, 7) is 3.67. The van der Waals surface area contributed by atoms with Crippen molar-refractivity contribution in [3.8, 4) is 0 Å². The number of carbonyl (C=O) groups is 2. The highest BCUT2D eigenvalue weighted by atomic mass is 32.2. The predicted molar refractivity (Wildman–Crippen MR) is 59.5 cm³/mol. The fourth-order valence-corrected chi connectivity index (χ4v) is 1.63. The van der Waals surface area contributed by atoms with Gasteiger partial charge in [-0.05, 0) is 24.3 Å². The van der Waals surface area contributed by atoms with Crippen LogP contribution in [0.25, 0.3) is 0 Å². The van der Waals surface area contributed by atoms with Gasteiger partial charge in [-0.3, -0.25) is 9.59 Å². The second-order valence-electron chi connectivity index (χ2n) is 3.52. The molecular formula is C8H13N5O3S. The molecule has 0 spiro atoms. The summed E-state index contributed by atoms with van der Waals surface area (Å²) in [6, 6.07) is 0.0362. The van der Waals surface area contributed by atoms with Crippen LogP contribution in [0.2, 0.25) is 0 Å². The molecule has 1 aromatic heterocycles. The number of thioether (sulfide) groups is 1. The Morgan fingerprint density at radius 2 is 2.24 bits per heavy atom. The molecule has 0 aliphatic carbocycles. The lowest BCUT2D eigenvalue weighted by atomic mass is 10.4. The van der Waals surface area contributed by atoms with Crippen LogP contribution in [0.4, 0.5) is 0 Å². The number of hydrogen-bond donors (Lipinski definition) is 2. The number of amides is 1. The number of nitrogens with one attached hydrogen (secondary N) is 1. The maximum atomic E-state index is 11.5. The molecule has 17 heavy (non-hydrogen) atoms. The zero-order chi connectivity index (χ0) is 12.8. The van der Waals surface area contributed by atoms with Crippen LogP contribution >= 0.6 is 11.8 Å². The molecule has 0 bridgehead atoms. The van der Waals surface area contributed by atoms with E-state index in [4.69, 9.17) is 5.11 Å². The maximum Gasteiger partial charge on any atom is 0.313 e. The van der Waals surface area contributed by atoms with Gasteiger partial charge in [-0.1, -0.05) is 11.8 Å². The molecule has 2 N–H and O–H groups in total. The first-order valence-corrected chi connectivity index (χ1v) is 5.87. The van der Waals surface area contributed by atoms with E-state index in [1.54, 1.807) is 0 Å². The summed E-state index contributed by atoms with van der Waals surface area (Å²) in [5, 5.41) is 22.2. The van der Waals surface area contributed by atoms with Crippen molar-refractivity contribution in [2.24, 2.45) is 0 Å². The number of aromatic nitrogens is 4. The molecule has 1 rings (SSSR count). The lowest BCUT2D eigenvalue weighted by molar-refractivity contribution is -0.133. The summed E-state index contributed by atoms with van der Waals surface area (Å²) in [4.78, 5) is 21.9. The van der Waals surface area contributed by atoms with Crippen molar-refractivity contribution in [1.82, 2.24) is 25.5 Å². The van der Waals surface area contributed by atoms with E-state index in [-0.39, 0.29) is 24.2 Å². The number of rotatable bonds is 6. The zero-order valence-corrected chi connectivity index (χ0v) is 10.3. The van der Waals surface area contributed by atoms with Crippen LogP contribution in [-0.4, -0.2) is 49.0 Å². The molecular weight excluding hydrogens is 246 g/mol. The Balaban J connectivity index is 2.56. The second-order valence-corrected chi connectivity index (χ2v) is 4.47. The molecule has 0 unspecified atom stereocenters. The molecule has 0 radical (unpaired) electrons. The number of aliphatic carboxylic acids is 1. The third kappa shape index (κ3) is 4.81. The first kappa shape index (κ1) is 13.4. The third-order valence-corrected chi connectivity index (χ3v) is 2.51. The number of carbonyl (C=O) groups excluding carboxylic acids is 1. The van der Waals surface area contributed by atoms with Gasteiger partial charge in [0.2, 0.25) is 11.1 Å². The average Bonchev–Trinajstić information content (AvgIpc) is 2.60. The summed E-state index contributed by atoms with van der Waals surface area (Å²) in [5.41, 5.74) is 0. The molecule has 0 aromatic carbocycles. The first-order valence-electron chi connectivity index (χ1n) is 4.89. The van der Waals surface area contributed by atoms with E-state index in [1.165, 1.54) is 4.68 Å². The first-order chi connectivity index (χ1) is 7.99. The highest BCUT2D eigenvalue weighted by Gasteiger charge is 2.12. The summed E-state index contributed by atoms with van der Waals surface area (Å²) < 4.78 is 1.27. The van der Waals surface area contributed by atoms with Crippen molar-refractivity contribution in [3.63, 3.8) is 0 Å². The number of hydrogen-bond acceptors (Lipinski definition) is 6. The van der Waals surface area contributed by atoms with Crippen LogP contribution < -0.4 is 5.32 Å². The number of carboxylic acid groups (broad SMARTS) is 1. The van der Waals surface area contributed by atoms with E-state index in [0.717, 1.165) is 11.8 Å². The van der Waals surface area contributed by atoms with Gasteiger partial charge in [0.05, 0.1) is 5.75 Å². The van der Waals surface area contributed by atoms with Gasteiger partial charge >= 0.3 is 5.97 Å². The van der Waals surface area contributed by atoms with Crippen molar-refractivity contribution in [3.05, 3.63) is 0 Å². The highest BCUT2D eigenvalue weighted by molar-refractivity contribution is 7.99. The summed E-state index contributed by atoms with van der Waals surface area (Å²) >= 11 is 0.970. The monoisotopic (exact) mass is 259 g/mol. The minimum absolute atomic E-state index is 0.0207. The van der Waals surface area contributed by atoms with Gasteiger partial charge in [-0.25, -0.2) is 4.68 Å². The maximum absolute atomic E-state index is 11.5. The standard InChI is InChI=1S/C8H13N5O3S/c1-5(2)9-6(14)3-13-8(10-11-12-13)17-4-7(15)16/h5H,3-4H2,1-2H3,(H,9,14)(H,15,16). The minimum atomic E-state index is -0.962. The van der Waals surface area contributed by atoms with E-state index in [9.17, 15) is 9.59 Å². The molecule has 0 aliphatic rings. The minimum Gasteiger partial charge on any atom is -0.481 e. The molecule has 0 saturated heterocycles. The van der Waals surface area contributed by atoms with Gasteiger partial charge in [0.25, 0.3) is 0 Å². The summed E-state index contributed by atoms with van der Waals surface area (Å²) in [7, 11) is 0. The molecule has 1 heterocycles. The number of nitrogens with zero attached hydrogens (tertiary/aromatic N) is 4. The molecule has 0 atom stereocenters. The number of carboxylic acids is 1. The zero-order valence-electron chi connectivity index (χ0n) is 9.45. The topological polar surface area (TPSA) is 110 Å². The Bertz CT molecular complexity index is 406. The van der Waals surface area contributed by atoms with Crippen LogP contribution in [0.5, 0.6) is 0 Å². The lowest BCUT2D eigenvalue weighted by Gasteiger charge is -2.08. The smallest absolute Gasteiger partial charge is 0.313 e. The molecule has 0 aliphatic heterocycles. The highest BCUT2D eigenvalue weighted by Crippen LogP contribution is 2.12. The normalized spacial score (nSPS) is 10.5. The largest absolute Gasteiger partial charge is 0.481 e. The van der Waals surface area contributed by atoms with Crippen LogP contribution in [0.15, 0.2) is 5.16 Å². The Morgan fingerprint density at radius 3 is 2.82 bits per heavy atom. The Labute approximate surface area is 102 Å². The van der Waals surface area contributed by atoms with E-state index in [2.05, 4.69) is 20.8 Å². The van der Waals surface area contributed by atoms with Crippen molar-refractivity contribution in [2.45, 2.75) is 31.6 Å². The van der Waals surface area contributed by atoms with Crippen LogP contribution in [0.1, 0.15) is 13.8 Å². The molecule has 1 aromatic rings. The van der Waals surface area contributed by atoms with Crippen LogP contribution in [-0.2, 0) is 16.1 Å².